The van der Waals surface area contributed by atoms with Crippen molar-refractivity contribution in [3.05, 3.63) is 0 Å². The summed E-state index contributed by atoms with van der Waals surface area (Å²) in [5, 5.41) is 2.48. The van der Waals surface area contributed by atoms with Crippen LogP contribution in [-0.4, -0.2) is 34.1 Å². The molecule has 0 aromatic rings. The Bertz CT molecular complexity index is 700. The van der Waals surface area contributed by atoms with Crippen molar-refractivity contribution >= 4 is 23.6 Å². The molecular weight excluding hydrogens is 344 g/mol. The second-order valence-electron chi connectivity index (χ2n) is 9.60. The maximum Gasteiger partial charge on any atom is 0.233 e. The van der Waals surface area contributed by atoms with E-state index in [1.54, 1.807) is 0 Å². The van der Waals surface area contributed by atoms with Gasteiger partial charge >= 0.3 is 0 Å². The number of fused-ring (bicyclic) bond motifs is 2. The Kier molecular flexibility index (Phi) is 4.43. The first-order chi connectivity index (χ1) is 12.7. The van der Waals surface area contributed by atoms with Crippen LogP contribution in [0, 0.1) is 35.5 Å². The average Bonchev–Trinajstić information content (AvgIpc) is 3.08. The summed E-state index contributed by atoms with van der Waals surface area (Å²) < 4.78 is 0. The fourth-order valence-electron chi connectivity index (χ4n) is 5.94. The van der Waals surface area contributed by atoms with Crippen molar-refractivity contribution < 1.29 is 19.2 Å². The lowest BCUT2D eigenvalue weighted by molar-refractivity contribution is -0.146. The fourth-order valence-corrected chi connectivity index (χ4v) is 5.94. The van der Waals surface area contributed by atoms with Crippen LogP contribution in [-0.2, 0) is 19.2 Å². The molecule has 4 aliphatic rings. The molecule has 0 bridgehead atoms. The third-order valence-corrected chi connectivity index (χ3v) is 7.91. The van der Waals surface area contributed by atoms with E-state index in [2.05, 4.69) is 5.32 Å². The third-order valence-electron chi connectivity index (χ3n) is 7.91. The van der Waals surface area contributed by atoms with Gasteiger partial charge in [0.05, 0.1) is 17.8 Å². The number of amides is 4. The van der Waals surface area contributed by atoms with Gasteiger partial charge in [0.25, 0.3) is 0 Å². The highest BCUT2D eigenvalue weighted by Crippen LogP contribution is 2.49. The number of carbonyl (C=O) groups excluding carboxylic acids is 4. The molecule has 27 heavy (non-hydrogen) atoms. The number of nitrogens with one attached hydrogen (secondary N) is 1. The first kappa shape index (κ1) is 18.6. The zero-order valence-corrected chi connectivity index (χ0v) is 16.5. The van der Waals surface area contributed by atoms with Crippen LogP contribution in [0.5, 0.6) is 0 Å². The van der Waals surface area contributed by atoms with Crippen LogP contribution in [0.1, 0.15) is 65.7 Å². The van der Waals surface area contributed by atoms with E-state index in [4.69, 9.17) is 0 Å². The Morgan fingerprint density at radius 1 is 0.815 bits per heavy atom. The molecule has 0 aromatic carbocycles. The van der Waals surface area contributed by atoms with Crippen molar-refractivity contribution in [2.75, 3.05) is 0 Å². The van der Waals surface area contributed by atoms with Gasteiger partial charge in [0.2, 0.25) is 23.6 Å². The number of likely N-dealkylation sites (tertiary alicyclic amines) is 1. The third kappa shape index (κ3) is 2.83. The Labute approximate surface area is 160 Å². The van der Waals surface area contributed by atoms with Crippen LogP contribution in [0.2, 0.25) is 0 Å². The second kappa shape index (κ2) is 6.42. The zero-order valence-electron chi connectivity index (χ0n) is 16.5. The maximum absolute atomic E-state index is 13.1. The lowest BCUT2D eigenvalue weighted by Gasteiger charge is -2.38. The molecular formula is C21H30N2O4. The zero-order chi connectivity index (χ0) is 19.5. The number of nitrogens with zero attached hydrogens (tertiary/aromatic N) is 1. The molecule has 1 N–H and O–H groups in total. The molecule has 6 heteroatoms. The van der Waals surface area contributed by atoms with Crippen molar-refractivity contribution in [1.29, 1.82) is 0 Å². The van der Waals surface area contributed by atoms with E-state index in [0.717, 1.165) is 44.9 Å². The number of imide groups is 2. The SMILES string of the molecule is CCC(C)(C)N1C(=O)C2CCC(C3CCC4C(=O)NC(=O)C4C3)CC2C1=O. The molecule has 2 aliphatic heterocycles. The minimum atomic E-state index is -0.429. The van der Waals surface area contributed by atoms with Crippen LogP contribution >= 0.6 is 0 Å². The Morgan fingerprint density at radius 3 is 1.96 bits per heavy atom. The number of rotatable bonds is 3. The van der Waals surface area contributed by atoms with Gasteiger partial charge in [0.15, 0.2) is 0 Å². The number of hydrogen-bond donors (Lipinski definition) is 1. The summed E-state index contributed by atoms with van der Waals surface area (Å²) in [5.41, 5.74) is -0.429. The summed E-state index contributed by atoms with van der Waals surface area (Å²) in [6.07, 6.45) is 5.67. The normalized spacial score (nSPS) is 39.4. The van der Waals surface area contributed by atoms with Crippen molar-refractivity contribution in [2.24, 2.45) is 35.5 Å². The summed E-state index contributed by atoms with van der Waals surface area (Å²) in [6.45, 7) is 5.95. The van der Waals surface area contributed by atoms with Gasteiger partial charge in [0.1, 0.15) is 0 Å². The van der Waals surface area contributed by atoms with E-state index in [0.29, 0.717) is 11.8 Å². The molecule has 6 nitrogen and oxygen atoms in total. The van der Waals surface area contributed by atoms with E-state index in [9.17, 15) is 19.2 Å². The smallest absolute Gasteiger partial charge is 0.233 e. The molecule has 4 fully saturated rings. The minimum absolute atomic E-state index is 0.00373. The van der Waals surface area contributed by atoms with Gasteiger partial charge in [0, 0.05) is 11.5 Å². The average molecular weight is 374 g/mol. The highest BCUT2D eigenvalue weighted by Gasteiger charge is 2.55. The van der Waals surface area contributed by atoms with Gasteiger partial charge in [-0.3, -0.25) is 29.4 Å². The number of carbonyl (C=O) groups is 4. The van der Waals surface area contributed by atoms with E-state index in [1.165, 1.54) is 4.90 Å². The van der Waals surface area contributed by atoms with Crippen LogP contribution < -0.4 is 5.32 Å². The van der Waals surface area contributed by atoms with Crippen LogP contribution in [0.3, 0.4) is 0 Å². The summed E-state index contributed by atoms with van der Waals surface area (Å²) in [7, 11) is 0. The van der Waals surface area contributed by atoms with E-state index in [-0.39, 0.29) is 47.3 Å². The topological polar surface area (TPSA) is 83.6 Å². The second-order valence-corrected chi connectivity index (χ2v) is 9.60. The first-order valence-corrected chi connectivity index (χ1v) is 10.5. The van der Waals surface area contributed by atoms with Crippen LogP contribution in [0.4, 0.5) is 0 Å². The molecule has 2 aliphatic carbocycles. The molecule has 2 heterocycles. The molecule has 6 atom stereocenters. The highest BCUT2D eigenvalue weighted by atomic mass is 16.2. The Balaban J connectivity index is 1.47. The molecule has 4 amide bonds. The molecule has 6 unspecified atom stereocenters. The molecule has 148 valence electrons. The summed E-state index contributed by atoms with van der Waals surface area (Å²) in [5.74, 6) is -0.161. The van der Waals surface area contributed by atoms with E-state index in [1.807, 2.05) is 20.8 Å². The van der Waals surface area contributed by atoms with Crippen molar-refractivity contribution in [3.8, 4) is 0 Å². The number of hydrogen-bond acceptors (Lipinski definition) is 4. The monoisotopic (exact) mass is 374 g/mol. The van der Waals surface area contributed by atoms with Crippen LogP contribution in [0.15, 0.2) is 0 Å². The largest absolute Gasteiger partial charge is 0.296 e. The Morgan fingerprint density at radius 2 is 1.33 bits per heavy atom. The van der Waals surface area contributed by atoms with Gasteiger partial charge in [-0.1, -0.05) is 6.92 Å². The van der Waals surface area contributed by atoms with Gasteiger partial charge in [-0.25, -0.2) is 0 Å². The predicted molar refractivity (Wildman–Crippen MR) is 98.0 cm³/mol. The quantitative estimate of drug-likeness (QED) is 0.768. The maximum atomic E-state index is 13.1. The Hall–Kier alpha value is -1.72. The van der Waals surface area contributed by atoms with Gasteiger partial charge < -0.3 is 0 Å². The van der Waals surface area contributed by atoms with Gasteiger partial charge in [-0.15, -0.1) is 0 Å². The predicted octanol–water partition coefficient (Wildman–Crippen LogP) is 2.27. The van der Waals surface area contributed by atoms with Crippen molar-refractivity contribution in [1.82, 2.24) is 10.2 Å². The molecule has 0 spiro atoms. The standard InChI is InChI=1S/C21H30N2O4/c1-4-21(2,3)23-19(26)14-8-6-12(10-16(14)20(23)27)11-5-7-13-15(9-11)18(25)22-17(13)24/h11-16H,4-10H2,1-3H3,(H,22,24,25). The molecule has 2 saturated heterocycles. The van der Waals surface area contributed by atoms with E-state index < -0.39 is 5.54 Å². The summed E-state index contributed by atoms with van der Waals surface area (Å²) in [4.78, 5) is 51.4. The molecule has 4 rings (SSSR count). The first-order valence-electron chi connectivity index (χ1n) is 10.5. The highest BCUT2D eigenvalue weighted by molar-refractivity contribution is 6.06. The van der Waals surface area contributed by atoms with Gasteiger partial charge in [-0.05, 0) is 70.6 Å². The van der Waals surface area contributed by atoms with Crippen LogP contribution in [0.25, 0.3) is 0 Å². The van der Waals surface area contributed by atoms with Crippen molar-refractivity contribution in [2.45, 2.75) is 71.3 Å². The van der Waals surface area contributed by atoms with Crippen molar-refractivity contribution in [3.63, 3.8) is 0 Å². The van der Waals surface area contributed by atoms with Gasteiger partial charge in [-0.2, -0.15) is 0 Å². The lowest BCUT2D eigenvalue weighted by Crippen LogP contribution is -2.47. The summed E-state index contributed by atoms with van der Waals surface area (Å²) >= 11 is 0. The molecule has 0 aromatic heterocycles. The fraction of sp³-hybridized carbons (Fsp3) is 0.810. The summed E-state index contributed by atoms with van der Waals surface area (Å²) in [6, 6.07) is 0. The molecule has 2 saturated carbocycles. The van der Waals surface area contributed by atoms with E-state index >= 15 is 0 Å². The molecule has 0 radical (unpaired) electrons. The minimum Gasteiger partial charge on any atom is -0.296 e. The lowest BCUT2D eigenvalue weighted by atomic mass is 9.64.